The van der Waals surface area contributed by atoms with Crippen LogP contribution >= 0.6 is 23.8 Å². The zero-order chi connectivity index (χ0) is 16.5. The van der Waals surface area contributed by atoms with E-state index in [0.29, 0.717) is 11.3 Å². The first-order chi connectivity index (χ1) is 10.2. The zero-order valence-corrected chi connectivity index (χ0v) is 13.9. The highest BCUT2D eigenvalue weighted by Crippen LogP contribution is 2.22. The summed E-state index contributed by atoms with van der Waals surface area (Å²) in [6.07, 6.45) is 1.43. The molecule has 0 spiro atoms. The molecule has 2 rings (SSSR count). The van der Waals surface area contributed by atoms with Crippen molar-refractivity contribution in [2.24, 2.45) is 5.10 Å². The van der Waals surface area contributed by atoms with Crippen LogP contribution in [0, 0.1) is 4.77 Å². The maximum atomic E-state index is 12.4. The van der Waals surface area contributed by atoms with E-state index in [1.165, 1.54) is 18.3 Å². The van der Waals surface area contributed by atoms with Gasteiger partial charge in [-0.05, 0) is 36.0 Å². The number of phenols is 1. The first-order valence-corrected chi connectivity index (χ1v) is 7.24. The number of phenolic OH excluding ortho intramolecular Hbond substituents is 1. The summed E-state index contributed by atoms with van der Waals surface area (Å²) in [5.41, 5.74) is 0.146. The van der Waals surface area contributed by atoms with Crippen LogP contribution in [0.4, 0.5) is 0 Å². The van der Waals surface area contributed by atoms with Gasteiger partial charge in [-0.3, -0.25) is 9.89 Å². The Morgan fingerprint density at radius 3 is 2.73 bits per heavy atom. The van der Waals surface area contributed by atoms with Crippen LogP contribution in [-0.4, -0.2) is 26.2 Å². The lowest BCUT2D eigenvalue weighted by Crippen LogP contribution is -2.32. The molecule has 0 saturated heterocycles. The molecule has 1 aromatic carbocycles. The molecule has 0 radical (unpaired) electrons. The number of aromatic hydroxyl groups is 1. The Labute approximate surface area is 137 Å². The molecule has 0 aliphatic rings. The van der Waals surface area contributed by atoms with Gasteiger partial charge in [0.25, 0.3) is 5.56 Å². The number of benzene rings is 1. The van der Waals surface area contributed by atoms with Gasteiger partial charge in [0.05, 0.1) is 11.2 Å². The van der Waals surface area contributed by atoms with Crippen LogP contribution in [0.5, 0.6) is 5.75 Å². The molecule has 0 atom stereocenters. The van der Waals surface area contributed by atoms with Crippen molar-refractivity contribution in [2.75, 3.05) is 0 Å². The van der Waals surface area contributed by atoms with Gasteiger partial charge in [0.2, 0.25) is 4.77 Å². The molecular formula is C14H15ClN4O2S. The van der Waals surface area contributed by atoms with Crippen LogP contribution in [0.25, 0.3) is 0 Å². The van der Waals surface area contributed by atoms with Crippen LogP contribution in [0.15, 0.2) is 28.1 Å². The van der Waals surface area contributed by atoms with E-state index in [0.717, 1.165) is 4.68 Å². The molecule has 1 aromatic heterocycles. The fourth-order valence-corrected chi connectivity index (χ4v) is 2.08. The Kier molecular flexibility index (Phi) is 4.48. The molecule has 8 heteroatoms. The van der Waals surface area contributed by atoms with E-state index >= 15 is 0 Å². The minimum absolute atomic E-state index is 0.0211. The Bertz CT molecular complexity index is 849. The second kappa shape index (κ2) is 6.02. The van der Waals surface area contributed by atoms with Crippen molar-refractivity contribution in [2.45, 2.75) is 26.2 Å². The van der Waals surface area contributed by atoms with E-state index < -0.39 is 5.41 Å². The monoisotopic (exact) mass is 338 g/mol. The lowest BCUT2D eigenvalue weighted by Gasteiger charge is -2.16. The van der Waals surface area contributed by atoms with Crippen molar-refractivity contribution in [1.82, 2.24) is 14.9 Å². The zero-order valence-electron chi connectivity index (χ0n) is 12.3. The predicted molar refractivity (Wildman–Crippen MR) is 88.5 cm³/mol. The van der Waals surface area contributed by atoms with E-state index in [1.54, 1.807) is 6.07 Å². The molecule has 0 aliphatic heterocycles. The molecule has 0 saturated carbocycles. The lowest BCUT2D eigenvalue weighted by molar-refractivity contribution is 0.475. The van der Waals surface area contributed by atoms with Crippen molar-refractivity contribution in [3.8, 4) is 5.75 Å². The van der Waals surface area contributed by atoms with Gasteiger partial charge in [-0.1, -0.05) is 32.4 Å². The van der Waals surface area contributed by atoms with E-state index in [2.05, 4.69) is 15.3 Å². The van der Waals surface area contributed by atoms with Gasteiger partial charge < -0.3 is 5.11 Å². The summed E-state index contributed by atoms with van der Waals surface area (Å²) in [7, 11) is 0. The third-order valence-corrected chi connectivity index (χ3v) is 3.42. The Hall–Kier alpha value is -1.99. The van der Waals surface area contributed by atoms with Crippen LogP contribution < -0.4 is 5.56 Å². The molecule has 116 valence electrons. The van der Waals surface area contributed by atoms with Crippen molar-refractivity contribution >= 4 is 30.0 Å². The molecule has 2 N–H and O–H groups in total. The molecule has 0 amide bonds. The normalized spacial score (nSPS) is 12.0. The SMILES string of the molecule is CC(C)(C)c1n[nH]c(=S)n(/N=C\c2ccc(O)c(Cl)c2)c1=O. The highest BCUT2D eigenvalue weighted by atomic mass is 35.5. The Balaban J connectivity index is 2.49. The fourth-order valence-electron chi connectivity index (χ4n) is 1.71. The molecule has 1 heterocycles. The van der Waals surface area contributed by atoms with Crippen LogP contribution in [0.2, 0.25) is 5.02 Å². The number of rotatable bonds is 2. The highest BCUT2D eigenvalue weighted by molar-refractivity contribution is 7.71. The number of hydrogen-bond donors (Lipinski definition) is 2. The number of aromatic amines is 1. The van der Waals surface area contributed by atoms with Crippen molar-refractivity contribution < 1.29 is 5.11 Å². The van der Waals surface area contributed by atoms with E-state index in [9.17, 15) is 9.90 Å². The van der Waals surface area contributed by atoms with Crippen molar-refractivity contribution in [3.63, 3.8) is 0 Å². The molecular weight excluding hydrogens is 324 g/mol. The highest BCUT2D eigenvalue weighted by Gasteiger charge is 2.21. The van der Waals surface area contributed by atoms with Gasteiger partial charge in [-0.15, -0.1) is 0 Å². The molecule has 6 nitrogen and oxygen atoms in total. The summed E-state index contributed by atoms with van der Waals surface area (Å²) in [4.78, 5) is 12.4. The summed E-state index contributed by atoms with van der Waals surface area (Å²) < 4.78 is 1.17. The number of aromatic nitrogens is 3. The van der Waals surface area contributed by atoms with E-state index in [4.69, 9.17) is 23.8 Å². The van der Waals surface area contributed by atoms with Gasteiger partial charge in [0.1, 0.15) is 11.4 Å². The molecule has 0 fully saturated rings. The standard InChI is InChI=1S/C14H15ClN4O2S/c1-14(2,3)11-12(21)19(13(22)18-17-11)16-7-8-4-5-10(20)9(15)6-8/h4-7,20H,1-3H3,(H,18,22)/b16-7-. The Morgan fingerprint density at radius 2 is 2.14 bits per heavy atom. The smallest absolute Gasteiger partial charge is 0.297 e. The number of nitrogens with zero attached hydrogens (tertiary/aromatic N) is 3. The molecule has 0 bridgehead atoms. The summed E-state index contributed by atoms with van der Waals surface area (Å²) >= 11 is 10.9. The van der Waals surface area contributed by atoms with E-state index in [1.807, 2.05) is 20.8 Å². The summed E-state index contributed by atoms with van der Waals surface area (Å²) in [6, 6.07) is 4.60. The average Bonchev–Trinajstić information content (AvgIpc) is 2.41. The Morgan fingerprint density at radius 1 is 1.45 bits per heavy atom. The van der Waals surface area contributed by atoms with Crippen LogP contribution in [0.3, 0.4) is 0 Å². The lowest BCUT2D eigenvalue weighted by atomic mass is 9.93. The number of hydrogen-bond acceptors (Lipinski definition) is 5. The summed E-state index contributed by atoms with van der Waals surface area (Å²) in [6.45, 7) is 5.63. The van der Waals surface area contributed by atoms with Crippen molar-refractivity contribution in [1.29, 1.82) is 0 Å². The maximum Gasteiger partial charge on any atom is 0.297 e. The largest absolute Gasteiger partial charge is 0.506 e. The minimum atomic E-state index is -0.435. The quantitative estimate of drug-likeness (QED) is 0.651. The molecule has 2 aromatic rings. The van der Waals surface area contributed by atoms with Gasteiger partial charge in [0.15, 0.2) is 0 Å². The fraction of sp³-hybridized carbons (Fsp3) is 0.286. The second-order valence-electron chi connectivity index (χ2n) is 5.70. The second-order valence-corrected chi connectivity index (χ2v) is 6.49. The molecule has 22 heavy (non-hydrogen) atoms. The van der Waals surface area contributed by atoms with Gasteiger partial charge in [-0.2, -0.15) is 14.9 Å². The van der Waals surface area contributed by atoms with Crippen LogP contribution in [0.1, 0.15) is 32.0 Å². The van der Waals surface area contributed by atoms with Crippen LogP contribution in [-0.2, 0) is 5.41 Å². The maximum absolute atomic E-state index is 12.4. The average molecular weight is 339 g/mol. The van der Waals surface area contributed by atoms with Gasteiger partial charge in [-0.25, -0.2) is 0 Å². The molecule has 0 unspecified atom stereocenters. The first kappa shape index (κ1) is 16.4. The van der Waals surface area contributed by atoms with Crippen molar-refractivity contribution in [3.05, 3.63) is 49.6 Å². The van der Waals surface area contributed by atoms with Gasteiger partial charge in [0, 0.05) is 5.41 Å². The topological polar surface area (TPSA) is 83.3 Å². The molecule has 0 aliphatic carbocycles. The minimum Gasteiger partial charge on any atom is -0.506 e. The number of nitrogens with one attached hydrogen (secondary N) is 1. The van der Waals surface area contributed by atoms with E-state index in [-0.39, 0.29) is 21.1 Å². The first-order valence-electron chi connectivity index (χ1n) is 6.45. The number of H-pyrrole nitrogens is 1. The summed E-state index contributed by atoms with van der Waals surface area (Å²) in [5, 5.41) is 20.3. The number of halogens is 1. The summed E-state index contributed by atoms with van der Waals surface area (Å²) in [5.74, 6) is -0.0211. The van der Waals surface area contributed by atoms with Gasteiger partial charge >= 0.3 is 0 Å². The third-order valence-electron chi connectivity index (χ3n) is 2.86. The third kappa shape index (κ3) is 3.42. The predicted octanol–water partition coefficient (Wildman–Crippen LogP) is 2.84.